The number of ether oxygens (including phenoxy) is 1. The molecule has 0 radical (unpaired) electrons. The predicted octanol–water partition coefficient (Wildman–Crippen LogP) is 1.52. The van der Waals surface area contributed by atoms with Crippen LogP contribution in [0.2, 0.25) is 0 Å². The van der Waals surface area contributed by atoms with Gasteiger partial charge in [0.25, 0.3) is 0 Å². The van der Waals surface area contributed by atoms with E-state index in [1.54, 1.807) is 23.5 Å². The molecule has 2 aromatic rings. The summed E-state index contributed by atoms with van der Waals surface area (Å²) in [6.07, 6.45) is -0.886. The molecule has 0 bridgehead atoms. The topological polar surface area (TPSA) is 130 Å². The molecular weight excluding hydrogens is 430 g/mol. The van der Waals surface area contributed by atoms with Gasteiger partial charge in [0.1, 0.15) is 17.2 Å². The lowest BCUT2D eigenvalue weighted by Gasteiger charge is -2.23. The highest BCUT2D eigenvalue weighted by molar-refractivity contribution is 7.13. The van der Waals surface area contributed by atoms with Crippen molar-refractivity contribution in [2.45, 2.75) is 56.7 Å². The van der Waals surface area contributed by atoms with E-state index < -0.39 is 24.4 Å². The summed E-state index contributed by atoms with van der Waals surface area (Å²) in [7, 11) is 0. The monoisotopic (exact) mass is 461 g/mol. The highest BCUT2D eigenvalue weighted by Crippen LogP contribution is 2.24. The Morgan fingerprint density at radius 3 is 2.31 bits per heavy atom. The fourth-order valence-corrected chi connectivity index (χ4v) is 4.53. The van der Waals surface area contributed by atoms with Crippen molar-refractivity contribution in [2.24, 2.45) is 0 Å². The molecule has 0 amide bonds. The van der Waals surface area contributed by atoms with Crippen molar-refractivity contribution in [3.05, 3.63) is 40.9 Å². The summed E-state index contributed by atoms with van der Waals surface area (Å²) in [6, 6.07) is 9.49. The van der Waals surface area contributed by atoms with Crippen LogP contribution in [-0.2, 0) is 11.3 Å². The van der Waals surface area contributed by atoms with E-state index in [9.17, 15) is 20.4 Å². The molecule has 1 saturated heterocycles. The van der Waals surface area contributed by atoms with Crippen LogP contribution in [0.4, 0.5) is 0 Å². The fraction of sp³-hybridized carbons (Fsp3) is 0.565. The predicted molar refractivity (Wildman–Crippen MR) is 121 cm³/mol. The van der Waals surface area contributed by atoms with Crippen LogP contribution in [0.25, 0.3) is 10.6 Å². The molecule has 0 spiro atoms. The van der Waals surface area contributed by atoms with E-state index in [0.717, 1.165) is 41.9 Å². The van der Waals surface area contributed by atoms with Crippen LogP contribution in [0, 0.1) is 11.3 Å². The molecule has 2 heterocycles. The van der Waals surface area contributed by atoms with E-state index in [1.165, 1.54) is 0 Å². The zero-order valence-corrected chi connectivity index (χ0v) is 18.8. The molecule has 1 aliphatic heterocycles. The molecule has 0 unspecified atom stereocenters. The molecule has 9 heteroatoms. The number of likely N-dealkylation sites (tertiary alicyclic amines) is 1. The highest BCUT2D eigenvalue weighted by atomic mass is 32.1. The first kappa shape index (κ1) is 24.7. The molecule has 174 valence electrons. The Labute approximate surface area is 192 Å². The number of β-amino-alcohol motifs (C(OH)–C–C–N with tert-alkyl or cyclic N) is 2. The molecule has 1 fully saturated rings. The molecule has 3 rings (SSSR count). The molecule has 1 aromatic heterocycles. The third-order valence-electron chi connectivity index (χ3n) is 5.60. The number of hydrogen-bond acceptors (Lipinski definition) is 9. The van der Waals surface area contributed by atoms with Gasteiger partial charge in [-0.25, -0.2) is 4.98 Å². The second-order valence-electron chi connectivity index (χ2n) is 8.18. The number of nitrogens with zero attached hydrogens (tertiary/aromatic N) is 3. The van der Waals surface area contributed by atoms with Crippen molar-refractivity contribution < 1.29 is 25.2 Å². The van der Waals surface area contributed by atoms with Crippen LogP contribution in [0.1, 0.15) is 36.9 Å². The van der Waals surface area contributed by atoms with Gasteiger partial charge in [0.05, 0.1) is 36.1 Å². The maximum Gasteiger partial charge on any atom is 0.123 e. The normalized spacial score (nSPS) is 24.2. The van der Waals surface area contributed by atoms with Gasteiger partial charge >= 0.3 is 0 Å². The zero-order valence-electron chi connectivity index (χ0n) is 18.0. The second kappa shape index (κ2) is 12.4. The van der Waals surface area contributed by atoms with Crippen LogP contribution in [0.3, 0.4) is 0 Å². The first-order valence-corrected chi connectivity index (χ1v) is 11.8. The molecule has 4 atom stereocenters. The Balaban J connectivity index is 1.27. The van der Waals surface area contributed by atoms with Crippen molar-refractivity contribution in [1.82, 2.24) is 9.88 Å². The van der Waals surface area contributed by atoms with Gasteiger partial charge < -0.3 is 25.2 Å². The summed E-state index contributed by atoms with van der Waals surface area (Å²) < 4.78 is 5.74. The van der Waals surface area contributed by atoms with Gasteiger partial charge in [-0.3, -0.25) is 4.90 Å². The molecule has 8 nitrogen and oxygen atoms in total. The standard InChI is InChI=1S/C23H31N3O5S/c24-11-16-5-7-17(8-6-16)23-25-18(15-32-23)14-31-10-4-2-1-3-9-26-12-19(27)21(29)22(30)20(28)13-26/h5-8,15,19-22,27-30H,1-4,9-10,12-14H2/t19-,20-,21+,22+/m0/s1. The summed E-state index contributed by atoms with van der Waals surface area (Å²) in [6.45, 7) is 2.32. The number of rotatable bonds is 10. The van der Waals surface area contributed by atoms with Crippen molar-refractivity contribution in [3.8, 4) is 16.6 Å². The summed E-state index contributed by atoms with van der Waals surface area (Å²) in [5, 5.41) is 51.1. The van der Waals surface area contributed by atoms with Crippen molar-refractivity contribution in [3.63, 3.8) is 0 Å². The van der Waals surface area contributed by atoms with Gasteiger partial charge in [-0.15, -0.1) is 11.3 Å². The third kappa shape index (κ3) is 7.05. The van der Waals surface area contributed by atoms with E-state index in [4.69, 9.17) is 10.00 Å². The highest BCUT2D eigenvalue weighted by Gasteiger charge is 2.35. The van der Waals surface area contributed by atoms with Gasteiger partial charge in [0, 0.05) is 30.6 Å². The number of aliphatic hydroxyl groups is 4. The smallest absolute Gasteiger partial charge is 0.123 e. The molecular formula is C23H31N3O5S. The van der Waals surface area contributed by atoms with Crippen LogP contribution in [-0.4, -0.2) is 81.0 Å². The number of aromatic nitrogens is 1. The largest absolute Gasteiger partial charge is 0.389 e. The molecule has 1 aromatic carbocycles. The van der Waals surface area contributed by atoms with Gasteiger partial charge in [-0.05, 0) is 31.5 Å². The quantitative estimate of drug-likeness (QED) is 0.392. The van der Waals surface area contributed by atoms with Crippen LogP contribution >= 0.6 is 11.3 Å². The van der Waals surface area contributed by atoms with Crippen LogP contribution in [0.5, 0.6) is 0 Å². The number of thiazole rings is 1. The number of hydrogen-bond donors (Lipinski definition) is 4. The summed E-state index contributed by atoms with van der Waals surface area (Å²) in [4.78, 5) is 6.48. The molecule has 1 aliphatic rings. The Kier molecular flexibility index (Phi) is 9.56. The summed E-state index contributed by atoms with van der Waals surface area (Å²) in [5.74, 6) is 0. The molecule has 32 heavy (non-hydrogen) atoms. The maximum atomic E-state index is 9.90. The first-order valence-electron chi connectivity index (χ1n) is 10.9. The lowest BCUT2D eigenvalue weighted by atomic mass is 10.1. The van der Waals surface area contributed by atoms with Gasteiger partial charge in [-0.1, -0.05) is 25.0 Å². The average molecular weight is 462 g/mol. The maximum absolute atomic E-state index is 9.90. The lowest BCUT2D eigenvalue weighted by Crippen LogP contribution is -2.43. The first-order chi connectivity index (χ1) is 15.5. The van der Waals surface area contributed by atoms with Crippen molar-refractivity contribution in [2.75, 3.05) is 26.2 Å². The van der Waals surface area contributed by atoms with E-state index in [0.29, 0.717) is 25.3 Å². The molecule has 0 aliphatic carbocycles. The van der Waals surface area contributed by atoms with E-state index in [-0.39, 0.29) is 13.1 Å². The Morgan fingerprint density at radius 2 is 1.66 bits per heavy atom. The Morgan fingerprint density at radius 1 is 1.00 bits per heavy atom. The summed E-state index contributed by atoms with van der Waals surface area (Å²) >= 11 is 1.56. The van der Waals surface area contributed by atoms with E-state index in [1.807, 2.05) is 22.4 Å². The van der Waals surface area contributed by atoms with Gasteiger partial charge in [-0.2, -0.15) is 5.26 Å². The SMILES string of the molecule is N#Cc1ccc(-c2nc(COCCCCCCN3C[C@H](O)[C@@H](O)[C@H](O)[C@@H](O)C3)cs2)cc1. The zero-order chi connectivity index (χ0) is 22.9. The van der Waals surface area contributed by atoms with Gasteiger partial charge in [0.15, 0.2) is 0 Å². The van der Waals surface area contributed by atoms with Crippen molar-refractivity contribution in [1.29, 1.82) is 5.26 Å². The number of nitriles is 1. The van der Waals surface area contributed by atoms with Gasteiger partial charge in [0.2, 0.25) is 0 Å². The minimum absolute atomic E-state index is 0.247. The fourth-order valence-electron chi connectivity index (χ4n) is 3.72. The van der Waals surface area contributed by atoms with Crippen LogP contribution in [0.15, 0.2) is 29.6 Å². The molecule has 4 N–H and O–H groups in total. The number of unbranched alkanes of at least 4 members (excludes halogenated alkanes) is 3. The van der Waals surface area contributed by atoms with E-state index in [2.05, 4.69) is 11.1 Å². The van der Waals surface area contributed by atoms with Crippen molar-refractivity contribution >= 4 is 11.3 Å². The van der Waals surface area contributed by atoms with E-state index >= 15 is 0 Å². The second-order valence-corrected chi connectivity index (χ2v) is 9.03. The lowest BCUT2D eigenvalue weighted by molar-refractivity contribution is -0.0894. The van der Waals surface area contributed by atoms with Crippen LogP contribution < -0.4 is 0 Å². The average Bonchev–Trinajstić information content (AvgIpc) is 3.25. The minimum atomic E-state index is -1.31. The third-order valence-corrected chi connectivity index (χ3v) is 6.54. The summed E-state index contributed by atoms with van der Waals surface area (Å²) in [5.41, 5.74) is 2.53. The minimum Gasteiger partial charge on any atom is -0.389 e. The Bertz CT molecular complexity index is 853. The Hall–Kier alpha value is -1.90. The number of aliphatic hydroxyl groups excluding tert-OH is 4. The molecule has 0 saturated carbocycles. The number of benzene rings is 1.